The molecule has 8 heteroatoms. The highest BCUT2D eigenvalue weighted by atomic mass is 79.9. The molecule has 0 bridgehead atoms. The van der Waals surface area contributed by atoms with Crippen LogP contribution >= 0.6 is 27.5 Å². The summed E-state index contributed by atoms with van der Waals surface area (Å²) in [5.74, 6) is -2.16. The fourth-order valence-electron chi connectivity index (χ4n) is 3.28. The number of hydrogen-bond donors (Lipinski definition) is 2. The van der Waals surface area contributed by atoms with Crippen LogP contribution in [0.15, 0.2) is 57.9 Å². The summed E-state index contributed by atoms with van der Waals surface area (Å²) >= 11 is 9.09. The van der Waals surface area contributed by atoms with E-state index in [1.165, 1.54) is 24.3 Å². The highest BCUT2D eigenvalue weighted by Gasteiger charge is 2.75. The zero-order chi connectivity index (χ0) is 18.4. The number of benzene rings is 2. The van der Waals surface area contributed by atoms with Gasteiger partial charge in [-0.2, -0.15) is 0 Å². The molecule has 0 spiro atoms. The third-order valence-electron chi connectivity index (χ3n) is 4.62. The Kier molecular flexibility index (Phi) is 4.70. The van der Waals surface area contributed by atoms with E-state index in [0.717, 1.165) is 4.47 Å². The topological polar surface area (TPSA) is 91.7 Å². The van der Waals surface area contributed by atoms with Crippen LogP contribution in [0.4, 0.5) is 0 Å². The maximum absolute atomic E-state index is 13.0. The molecule has 0 radical (unpaired) electrons. The Hall–Kier alpha value is -1.41. The van der Waals surface area contributed by atoms with Crippen molar-refractivity contribution in [3.8, 4) is 0 Å². The van der Waals surface area contributed by atoms with E-state index in [-0.39, 0.29) is 4.90 Å². The van der Waals surface area contributed by atoms with E-state index in [1.54, 1.807) is 24.3 Å². The Morgan fingerprint density at radius 3 is 2.16 bits per heavy atom. The van der Waals surface area contributed by atoms with Gasteiger partial charge >= 0.3 is 5.97 Å². The molecule has 1 aliphatic carbocycles. The van der Waals surface area contributed by atoms with Gasteiger partial charge in [0.05, 0.1) is 16.8 Å². The van der Waals surface area contributed by atoms with Gasteiger partial charge in [-0.1, -0.05) is 39.7 Å². The van der Waals surface area contributed by atoms with Crippen molar-refractivity contribution >= 4 is 43.3 Å². The third-order valence-corrected chi connectivity index (χ3v) is 7.69. The standard InChI is InChI=1S/C17H14BrClO5S/c18-11-3-1-10(2-4-11)14-15(17(14,9-20)16(21)22)25(23,24)13-7-5-12(19)6-8-13/h1-8,14-15,20H,9H2,(H,21,22)/t14-,15+,17-/m1/s1. The summed E-state index contributed by atoms with van der Waals surface area (Å²) in [5, 5.41) is 18.6. The SMILES string of the molecule is O=C(O)[C@]1(CO)[C@H](c2ccc(Br)cc2)[C@@H]1S(=O)(=O)c1ccc(Cl)cc1. The zero-order valence-electron chi connectivity index (χ0n) is 12.8. The van der Waals surface area contributed by atoms with E-state index in [2.05, 4.69) is 15.9 Å². The molecule has 3 atom stereocenters. The number of aliphatic hydroxyl groups is 1. The number of carbonyl (C=O) groups is 1. The van der Waals surface area contributed by atoms with Gasteiger partial charge in [0.1, 0.15) is 5.41 Å². The van der Waals surface area contributed by atoms with Crippen LogP contribution in [0, 0.1) is 5.41 Å². The lowest BCUT2D eigenvalue weighted by Gasteiger charge is -2.09. The smallest absolute Gasteiger partial charge is 0.314 e. The summed E-state index contributed by atoms with van der Waals surface area (Å²) in [6.45, 7) is -0.763. The van der Waals surface area contributed by atoms with Crippen molar-refractivity contribution in [3.05, 3.63) is 63.6 Å². The molecule has 0 aliphatic heterocycles. The van der Waals surface area contributed by atoms with Gasteiger partial charge in [0.25, 0.3) is 0 Å². The van der Waals surface area contributed by atoms with E-state index in [4.69, 9.17) is 11.6 Å². The van der Waals surface area contributed by atoms with Crippen LogP contribution in [-0.2, 0) is 14.6 Å². The lowest BCUT2D eigenvalue weighted by atomic mass is 10.0. The minimum atomic E-state index is -3.97. The van der Waals surface area contributed by atoms with Crippen LogP contribution in [0.5, 0.6) is 0 Å². The second-order valence-electron chi connectivity index (χ2n) is 5.95. The average molecular weight is 446 g/mol. The molecule has 132 valence electrons. The van der Waals surface area contributed by atoms with Crippen LogP contribution in [-0.4, -0.2) is 36.5 Å². The van der Waals surface area contributed by atoms with Crippen LogP contribution in [0.1, 0.15) is 11.5 Å². The van der Waals surface area contributed by atoms with Crippen LogP contribution in [0.2, 0.25) is 5.02 Å². The van der Waals surface area contributed by atoms with Crippen molar-refractivity contribution in [1.29, 1.82) is 0 Å². The number of sulfone groups is 1. The number of aliphatic carboxylic acids is 1. The lowest BCUT2D eigenvalue weighted by Crippen LogP contribution is -2.27. The first-order chi connectivity index (χ1) is 11.7. The molecular weight excluding hydrogens is 432 g/mol. The molecule has 0 amide bonds. The molecule has 1 saturated carbocycles. The van der Waals surface area contributed by atoms with Crippen molar-refractivity contribution in [2.75, 3.05) is 6.61 Å². The molecule has 1 fully saturated rings. The molecule has 25 heavy (non-hydrogen) atoms. The number of carboxylic acids is 1. The predicted octanol–water partition coefficient (Wildman–Crippen LogP) is 3.11. The van der Waals surface area contributed by atoms with E-state index in [9.17, 15) is 23.4 Å². The van der Waals surface area contributed by atoms with Gasteiger partial charge < -0.3 is 10.2 Å². The third kappa shape index (κ3) is 2.89. The molecule has 0 unspecified atom stereocenters. The van der Waals surface area contributed by atoms with Crippen molar-refractivity contribution < 1.29 is 23.4 Å². The Morgan fingerprint density at radius 1 is 1.12 bits per heavy atom. The maximum atomic E-state index is 13.0. The number of hydrogen-bond acceptors (Lipinski definition) is 4. The fraction of sp³-hybridized carbons (Fsp3) is 0.235. The second kappa shape index (κ2) is 6.39. The van der Waals surface area contributed by atoms with E-state index in [1.807, 2.05) is 0 Å². The zero-order valence-corrected chi connectivity index (χ0v) is 15.9. The van der Waals surface area contributed by atoms with Gasteiger partial charge in [0.2, 0.25) is 0 Å². The average Bonchev–Trinajstić information content (AvgIpc) is 3.27. The molecule has 0 aromatic heterocycles. The van der Waals surface area contributed by atoms with Crippen molar-refractivity contribution in [2.24, 2.45) is 5.41 Å². The summed E-state index contributed by atoms with van der Waals surface area (Å²) in [5.41, 5.74) is -1.20. The van der Waals surface area contributed by atoms with Crippen LogP contribution < -0.4 is 0 Å². The van der Waals surface area contributed by atoms with Gasteiger partial charge in [-0.05, 0) is 42.0 Å². The molecule has 2 aromatic carbocycles. The number of carboxylic acid groups (broad SMARTS) is 1. The van der Waals surface area contributed by atoms with Gasteiger partial charge in [-0.3, -0.25) is 4.79 Å². The number of rotatable bonds is 5. The van der Waals surface area contributed by atoms with Gasteiger partial charge in [0, 0.05) is 15.4 Å². The highest BCUT2D eigenvalue weighted by molar-refractivity contribution is 9.10. The molecule has 0 heterocycles. The van der Waals surface area contributed by atoms with Crippen molar-refractivity contribution in [1.82, 2.24) is 0 Å². The molecule has 1 aliphatic rings. The van der Waals surface area contributed by atoms with Crippen LogP contribution in [0.25, 0.3) is 0 Å². The van der Waals surface area contributed by atoms with E-state index < -0.39 is 39.0 Å². The maximum Gasteiger partial charge on any atom is 0.314 e. The fourth-order valence-corrected chi connectivity index (χ4v) is 6.04. The first kappa shape index (κ1) is 18.4. The molecule has 5 nitrogen and oxygen atoms in total. The summed E-state index contributed by atoms with van der Waals surface area (Å²) in [7, 11) is -3.97. The first-order valence-corrected chi connectivity index (χ1v) is 10.1. The second-order valence-corrected chi connectivity index (χ2v) is 9.37. The molecular formula is C17H14BrClO5S. The molecule has 2 N–H and O–H groups in total. The molecule has 0 saturated heterocycles. The van der Waals surface area contributed by atoms with Crippen LogP contribution in [0.3, 0.4) is 0 Å². The Labute approximate surface area is 158 Å². The van der Waals surface area contributed by atoms with Gasteiger partial charge in [-0.15, -0.1) is 0 Å². The monoisotopic (exact) mass is 444 g/mol. The quantitative estimate of drug-likeness (QED) is 0.738. The summed E-state index contributed by atoms with van der Waals surface area (Å²) in [4.78, 5) is 11.8. The predicted molar refractivity (Wildman–Crippen MR) is 96.5 cm³/mol. The highest BCUT2D eigenvalue weighted by Crippen LogP contribution is 2.64. The first-order valence-electron chi connectivity index (χ1n) is 7.34. The number of aliphatic hydroxyl groups excluding tert-OH is 1. The number of halogens is 2. The Bertz CT molecular complexity index is 911. The molecule has 2 aromatic rings. The Morgan fingerprint density at radius 2 is 1.68 bits per heavy atom. The summed E-state index contributed by atoms with van der Waals surface area (Å²) in [6.07, 6.45) is 0. The Balaban J connectivity index is 2.10. The van der Waals surface area contributed by atoms with Gasteiger partial charge in [-0.25, -0.2) is 8.42 Å². The molecule has 3 rings (SSSR count). The van der Waals surface area contributed by atoms with Gasteiger partial charge in [0.15, 0.2) is 9.84 Å². The summed E-state index contributed by atoms with van der Waals surface area (Å²) in [6, 6.07) is 12.3. The van der Waals surface area contributed by atoms with E-state index >= 15 is 0 Å². The summed E-state index contributed by atoms with van der Waals surface area (Å²) < 4.78 is 26.8. The largest absolute Gasteiger partial charge is 0.481 e. The minimum Gasteiger partial charge on any atom is -0.481 e. The normalized spacial score (nSPS) is 25.6. The lowest BCUT2D eigenvalue weighted by molar-refractivity contribution is -0.145. The van der Waals surface area contributed by atoms with E-state index in [0.29, 0.717) is 10.6 Å². The van der Waals surface area contributed by atoms with Crippen molar-refractivity contribution in [2.45, 2.75) is 16.1 Å². The minimum absolute atomic E-state index is 0.0133. The van der Waals surface area contributed by atoms with Crippen molar-refractivity contribution in [3.63, 3.8) is 0 Å².